The summed E-state index contributed by atoms with van der Waals surface area (Å²) in [5.41, 5.74) is 3.98. The molecule has 0 spiro atoms. The van der Waals surface area contributed by atoms with Crippen molar-refractivity contribution in [3.63, 3.8) is 0 Å². The van der Waals surface area contributed by atoms with Crippen LogP contribution in [-0.2, 0) is 19.5 Å². The third kappa shape index (κ3) is 2.70. The molecule has 20 heavy (non-hydrogen) atoms. The van der Waals surface area contributed by atoms with Crippen LogP contribution < -0.4 is 0 Å². The summed E-state index contributed by atoms with van der Waals surface area (Å²) in [6.45, 7) is 2.69. The van der Waals surface area contributed by atoms with Crippen LogP contribution in [0.2, 0.25) is 0 Å². The molecule has 4 nitrogen and oxygen atoms in total. The van der Waals surface area contributed by atoms with Gasteiger partial charge in [0.25, 0.3) is 0 Å². The number of rotatable bonds is 4. The second kappa shape index (κ2) is 5.43. The van der Waals surface area contributed by atoms with Crippen LogP contribution in [0, 0.1) is 0 Å². The molecule has 0 radical (unpaired) electrons. The number of hydrogen-bond acceptors (Lipinski definition) is 3. The minimum Gasteiger partial charge on any atom is -0.478 e. The van der Waals surface area contributed by atoms with Gasteiger partial charge in [0.1, 0.15) is 0 Å². The highest BCUT2D eigenvalue weighted by Gasteiger charge is 2.19. The molecule has 0 amide bonds. The number of aromatic nitrogens is 1. The average Bonchev–Trinajstić information content (AvgIpc) is 2.88. The maximum Gasteiger partial charge on any atom is 0.335 e. The molecule has 0 unspecified atom stereocenters. The van der Waals surface area contributed by atoms with Gasteiger partial charge in [0.05, 0.1) is 5.56 Å². The zero-order chi connectivity index (χ0) is 13.9. The summed E-state index contributed by atoms with van der Waals surface area (Å²) >= 11 is 0. The van der Waals surface area contributed by atoms with Crippen LogP contribution in [0.1, 0.15) is 27.0 Å². The standard InChI is InChI=1S/C16H16N2O2/c19-16(20)13-3-4-14-10-18(11-15(14)8-13)7-5-12-2-1-6-17-9-12/h1-4,6,8-9H,5,7,10-11H2,(H,19,20). The molecule has 4 heteroatoms. The smallest absolute Gasteiger partial charge is 0.335 e. The lowest BCUT2D eigenvalue weighted by Crippen LogP contribution is -2.19. The maximum atomic E-state index is 11.0. The Morgan fingerprint density at radius 1 is 1.25 bits per heavy atom. The van der Waals surface area contributed by atoms with Crippen LogP contribution in [0.4, 0.5) is 0 Å². The summed E-state index contributed by atoms with van der Waals surface area (Å²) < 4.78 is 0. The second-order valence-corrected chi connectivity index (χ2v) is 5.11. The van der Waals surface area contributed by atoms with Gasteiger partial charge in [0.2, 0.25) is 0 Å². The van der Waals surface area contributed by atoms with Gasteiger partial charge in [-0.25, -0.2) is 4.79 Å². The van der Waals surface area contributed by atoms with E-state index in [4.69, 9.17) is 5.11 Å². The van der Waals surface area contributed by atoms with Gasteiger partial charge in [-0.3, -0.25) is 9.88 Å². The molecule has 1 aromatic carbocycles. The number of carboxylic acids is 1. The molecule has 1 aromatic heterocycles. The zero-order valence-corrected chi connectivity index (χ0v) is 11.1. The number of aromatic carboxylic acids is 1. The summed E-state index contributed by atoms with van der Waals surface area (Å²) in [5.74, 6) is -0.860. The van der Waals surface area contributed by atoms with Gasteiger partial charge in [0.15, 0.2) is 0 Å². The zero-order valence-electron chi connectivity index (χ0n) is 11.1. The Balaban J connectivity index is 1.64. The van der Waals surface area contributed by atoms with Crippen molar-refractivity contribution in [2.75, 3.05) is 6.54 Å². The van der Waals surface area contributed by atoms with E-state index in [0.717, 1.165) is 31.6 Å². The number of pyridine rings is 1. The SMILES string of the molecule is O=C(O)c1ccc2c(c1)CN(CCc1cccnc1)C2. The molecule has 1 aliphatic rings. The minimum absolute atomic E-state index is 0.373. The third-order valence-electron chi connectivity index (χ3n) is 3.68. The fourth-order valence-electron chi connectivity index (χ4n) is 2.59. The van der Waals surface area contributed by atoms with Crippen molar-refractivity contribution in [3.05, 3.63) is 65.0 Å². The van der Waals surface area contributed by atoms with Gasteiger partial charge >= 0.3 is 5.97 Å². The Labute approximate surface area is 117 Å². The van der Waals surface area contributed by atoms with Crippen LogP contribution >= 0.6 is 0 Å². The molecule has 0 aliphatic carbocycles. The lowest BCUT2D eigenvalue weighted by Gasteiger charge is -2.14. The largest absolute Gasteiger partial charge is 0.478 e. The highest BCUT2D eigenvalue weighted by atomic mass is 16.4. The fourth-order valence-corrected chi connectivity index (χ4v) is 2.59. The molecular weight excluding hydrogens is 252 g/mol. The van der Waals surface area contributed by atoms with Crippen LogP contribution in [-0.4, -0.2) is 27.5 Å². The van der Waals surface area contributed by atoms with E-state index in [9.17, 15) is 4.79 Å². The Morgan fingerprint density at radius 2 is 2.10 bits per heavy atom. The van der Waals surface area contributed by atoms with Crippen molar-refractivity contribution in [2.24, 2.45) is 0 Å². The van der Waals surface area contributed by atoms with Crippen molar-refractivity contribution < 1.29 is 9.90 Å². The minimum atomic E-state index is -0.860. The molecule has 0 atom stereocenters. The molecule has 102 valence electrons. The first-order valence-corrected chi connectivity index (χ1v) is 6.69. The second-order valence-electron chi connectivity index (χ2n) is 5.11. The van der Waals surface area contributed by atoms with Gasteiger partial charge in [-0.2, -0.15) is 0 Å². The van der Waals surface area contributed by atoms with E-state index in [0.29, 0.717) is 5.56 Å². The average molecular weight is 268 g/mol. The van der Waals surface area contributed by atoms with Crippen LogP contribution in [0.5, 0.6) is 0 Å². The van der Waals surface area contributed by atoms with Gasteiger partial charge < -0.3 is 5.11 Å². The predicted molar refractivity (Wildman–Crippen MR) is 75.5 cm³/mol. The van der Waals surface area contributed by atoms with Crippen molar-refractivity contribution >= 4 is 5.97 Å². The third-order valence-corrected chi connectivity index (χ3v) is 3.68. The lowest BCUT2D eigenvalue weighted by atomic mass is 10.1. The van der Waals surface area contributed by atoms with Crippen molar-refractivity contribution in [3.8, 4) is 0 Å². The highest BCUT2D eigenvalue weighted by molar-refractivity contribution is 5.87. The molecule has 0 fully saturated rings. The molecule has 0 saturated carbocycles. The van der Waals surface area contributed by atoms with Crippen molar-refractivity contribution in [2.45, 2.75) is 19.5 Å². The number of benzene rings is 1. The quantitative estimate of drug-likeness (QED) is 0.924. The molecule has 0 saturated heterocycles. The van der Waals surface area contributed by atoms with Gasteiger partial charge in [-0.1, -0.05) is 12.1 Å². The van der Waals surface area contributed by atoms with E-state index < -0.39 is 5.97 Å². The first-order chi connectivity index (χ1) is 9.72. The van der Waals surface area contributed by atoms with Gasteiger partial charge in [-0.05, 0) is 41.3 Å². The molecule has 1 N–H and O–H groups in total. The normalized spacial score (nSPS) is 14.2. The van der Waals surface area contributed by atoms with Crippen LogP contribution in [0.25, 0.3) is 0 Å². The van der Waals surface area contributed by atoms with E-state index >= 15 is 0 Å². The van der Waals surface area contributed by atoms with E-state index in [-0.39, 0.29) is 0 Å². The molecule has 2 aromatic rings. The number of fused-ring (bicyclic) bond motifs is 1. The highest BCUT2D eigenvalue weighted by Crippen LogP contribution is 2.24. The number of nitrogens with zero attached hydrogens (tertiary/aromatic N) is 2. The maximum absolute atomic E-state index is 11.0. The van der Waals surface area contributed by atoms with E-state index in [2.05, 4.69) is 16.0 Å². The Bertz CT molecular complexity index is 626. The number of carboxylic acid groups (broad SMARTS) is 1. The first-order valence-electron chi connectivity index (χ1n) is 6.69. The Morgan fingerprint density at radius 3 is 2.85 bits per heavy atom. The van der Waals surface area contributed by atoms with E-state index in [1.165, 1.54) is 11.1 Å². The van der Waals surface area contributed by atoms with E-state index in [1.54, 1.807) is 18.3 Å². The summed E-state index contributed by atoms with van der Waals surface area (Å²) in [7, 11) is 0. The van der Waals surface area contributed by atoms with Crippen LogP contribution in [0.3, 0.4) is 0 Å². The van der Waals surface area contributed by atoms with Crippen molar-refractivity contribution in [1.82, 2.24) is 9.88 Å². The molecule has 1 aliphatic heterocycles. The molecular formula is C16H16N2O2. The molecule has 3 rings (SSSR count). The summed E-state index contributed by atoms with van der Waals surface area (Å²) in [5, 5.41) is 9.01. The van der Waals surface area contributed by atoms with Gasteiger partial charge in [-0.15, -0.1) is 0 Å². The van der Waals surface area contributed by atoms with Gasteiger partial charge in [0, 0.05) is 32.0 Å². The topological polar surface area (TPSA) is 53.4 Å². The first kappa shape index (κ1) is 12.8. The fraction of sp³-hybridized carbons (Fsp3) is 0.250. The molecule has 0 bridgehead atoms. The summed E-state index contributed by atoms with van der Waals surface area (Å²) in [6.07, 6.45) is 4.64. The Kier molecular flexibility index (Phi) is 3.48. The van der Waals surface area contributed by atoms with Crippen LogP contribution in [0.15, 0.2) is 42.7 Å². The Hall–Kier alpha value is -2.20. The lowest BCUT2D eigenvalue weighted by molar-refractivity contribution is 0.0696. The van der Waals surface area contributed by atoms with E-state index in [1.807, 2.05) is 18.3 Å². The summed E-state index contributed by atoms with van der Waals surface area (Å²) in [6, 6.07) is 9.45. The summed E-state index contributed by atoms with van der Waals surface area (Å²) in [4.78, 5) is 17.4. The monoisotopic (exact) mass is 268 g/mol. The van der Waals surface area contributed by atoms with Crippen molar-refractivity contribution in [1.29, 1.82) is 0 Å². The number of hydrogen-bond donors (Lipinski definition) is 1. The number of carbonyl (C=O) groups is 1. The predicted octanol–water partition coefficient (Wildman–Crippen LogP) is 2.34. The molecule has 2 heterocycles.